The van der Waals surface area contributed by atoms with Gasteiger partial charge in [0.25, 0.3) is 34.3 Å². The maximum atomic E-state index is 10.4. The number of hydrogen-bond donors (Lipinski definition) is 3. The van der Waals surface area contributed by atoms with Gasteiger partial charge >= 0.3 is 34.1 Å². The minimum Gasteiger partial charge on any atom is -0.497 e. The predicted molar refractivity (Wildman–Crippen MR) is 144 cm³/mol. The molecular formula is C18H9CeN9O21. The number of benzene rings is 3. The van der Waals surface area contributed by atoms with Gasteiger partial charge in [0.05, 0.1) is 80.7 Å². The average molecular weight is 827 g/mol. The number of non-ortho nitro benzene ring substituents is 3. The Balaban J connectivity index is 0.000000698. The van der Waals surface area contributed by atoms with E-state index in [4.69, 9.17) is 15.3 Å². The first-order valence-electron chi connectivity index (χ1n) is 10.9. The fourth-order valence-electron chi connectivity index (χ4n) is 2.92. The Bertz CT molecular complexity index is 1610. The van der Waals surface area contributed by atoms with Crippen molar-refractivity contribution in [1.82, 2.24) is 0 Å². The first-order valence-corrected chi connectivity index (χ1v) is 10.9. The molecule has 0 aromatic heterocycles. The van der Waals surface area contributed by atoms with Crippen LogP contribution in [0.4, 0.5) is 51.2 Å². The SMILES string of the molecule is O=[N+]([O-])c1cc([N+](=O)[O-])c(O)c([N+](=O)[O-])c1.O=[N+]([O-])c1cc([N+](=O)[O-])c(O)c([N+](=O)[O-])c1.O=[N+]([O-])c1cc([N+](=O)[O-])c(O)c([N+](=O)[O-])c1.[Ce]. The van der Waals surface area contributed by atoms with Gasteiger partial charge in [-0.25, -0.2) is 0 Å². The summed E-state index contributed by atoms with van der Waals surface area (Å²) in [6, 6.07) is 2.68. The van der Waals surface area contributed by atoms with Gasteiger partial charge in [0.15, 0.2) is 0 Å². The Hall–Kier alpha value is -6.96. The van der Waals surface area contributed by atoms with Crippen LogP contribution in [0.5, 0.6) is 17.2 Å². The third kappa shape index (κ3) is 10.5. The van der Waals surface area contributed by atoms with E-state index in [-0.39, 0.29) is 41.7 Å². The van der Waals surface area contributed by atoms with Crippen LogP contribution in [0, 0.1) is 133 Å². The largest absolute Gasteiger partial charge is 0.497 e. The second kappa shape index (κ2) is 17.1. The van der Waals surface area contributed by atoms with Crippen LogP contribution in [0.25, 0.3) is 0 Å². The summed E-state index contributed by atoms with van der Waals surface area (Å²) in [5, 5.41) is 121. The van der Waals surface area contributed by atoms with Crippen molar-refractivity contribution in [2.24, 2.45) is 0 Å². The standard InChI is InChI=1S/3C6H3N3O7.Ce/c3*10-6-4(8(13)14)1-3(7(11)12)2-5(6)9(15)16;/h3*1-2,10H;. The van der Waals surface area contributed by atoms with Crippen LogP contribution in [-0.4, -0.2) is 59.6 Å². The Morgan fingerprint density at radius 2 is 0.429 bits per heavy atom. The van der Waals surface area contributed by atoms with E-state index in [0.29, 0.717) is 36.4 Å². The minimum atomic E-state index is -1.21. The predicted octanol–water partition coefficient (Wildman–Crippen LogP) is 3.35. The van der Waals surface area contributed by atoms with Crippen LogP contribution >= 0.6 is 0 Å². The van der Waals surface area contributed by atoms with Crippen molar-refractivity contribution in [3.8, 4) is 17.2 Å². The van der Waals surface area contributed by atoms with Gasteiger partial charge in [-0.1, -0.05) is 0 Å². The zero-order valence-electron chi connectivity index (χ0n) is 22.7. The number of hydrogen-bond acceptors (Lipinski definition) is 21. The Morgan fingerprint density at radius 3 is 0.510 bits per heavy atom. The molecule has 3 N–H and O–H groups in total. The molecule has 0 unspecified atom stereocenters. The van der Waals surface area contributed by atoms with Crippen LogP contribution < -0.4 is 0 Å². The summed E-state index contributed by atoms with van der Waals surface area (Å²) in [5.74, 6) is -3.62. The van der Waals surface area contributed by atoms with Crippen molar-refractivity contribution in [2.75, 3.05) is 0 Å². The van der Waals surface area contributed by atoms with Crippen molar-refractivity contribution in [2.45, 2.75) is 0 Å². The molecule has 0 spiro atoms. The fraction of sp³-hybridized carbons (Fsp3) is 0. The summed E-state index contributed by atoms with van der Waals surface area (Å²) in [5.41, 5.74) is -9.01. The second-order valence-electron chi connectivity index (χ2n) is 7.81. The van der Waals surface area contributed by atoms with E-state index >= 15 is 0 Å². The number of aromatic hydroxyl groups is 3. The monoisotopic (exact) mass is 827 g/mol. The Kier molecular flexibility index (Phi) is 14.7. The third-order valence-corrected chi connectivity index (χ3v) is 4.98. The zero-order valence-corrected chi connectivity index (χ0v) is 25.8. The van der Waals surface area contributed by atoms with Crippen LogP contribution in [0.15, 0.2) is 36.4 Å². The van der Waals surface area contributed by atoms with Gasteiger partial charge in [-0.2, -0.15) is 0 Å². The van der Waals surface area contributed by atoms with Crippen molar-refractivity contribution in [3.05, 3.63) is 127 Å². The number of nitro benzene ring substituents is 9. The maximum absolute atomic E-state index is 10.4. The quantitative estimate of drug-likeness (QED) is 0.205. The number of phenolic OH excluding ortho intramolecular Hbond substituents is 3. The normalized spacial score (nSPS) is 9.55. The summed E-state index contributed by atoms with van der Waals surface area (Å²) >= 11 is 0. The average Bonchev–Trinajstić information content (AvgIpc) is 2.96. The van der Waals surface area contributed by atoms with E-state index in [0.717, 1.165) is 0 Å². The third-order valence-electron chi connectivity index (χ3n) is 4.98. The molecule has 3 rings (SSSR count). The van der Waals surface area contributed by atoms with Crippen molar-refractivity contribution in [3.63, 3.8) is 0 Å². The van der Waals surface area contributed by atoms with Gasteiger partial charge in [0, 0.05) is 41.7 Å². The first-order chi connectivity index (χ1) is 22.0. The number of nitro groups is 9. The molecule has 0 aliphatic rings. The summed E-state index contributed by atoms with van der Waals surface area (Å²) < 4.78 is 0. The Morgan fingerprint density at radius 1 is 0.306 bits per heavy atom. The molecule has 0 aliphatic heterocycles. The van der Waals surface area contributed by atoms with Crippen LogP contribution in [0.2, 0.25) is 0 Å². The molecule has 49 heavy (non-hydrogen) atoms. The van der Waals surface area contributed by atoms with Crippen LogP contribution in [0.3, 0.4) is 0 Å². The molecule has 0 heterocycles. The zero-order chi connectivity index (χ0) is 37.4. The van der Waals surface area contributed by atoms with Gasteiger partial charge in [-0.3, -0.25) is 91.0 Å². The molecule has 30 nitrogen and oxygen atoms in total. The first kappa shape index (κ1) is 42.0. The summed E-state index contributed by atoms with van der Waals surface area (Å²) in [4.78, 5) is 83.3. The van der Waals surface area contributed by atoms with Crippen molar-refractivity contribution in [1.29, 1.82) is 0 Å². The Labute approximate surface area is 296 Å². The van der Waals surface area contributed by atoms with Gasteiger partial charge < -0.3 is 15.3 Å². The number of phenols is 3. The van der Waals surface area contributed by atoms with Gasteiger partial charge in [0.2, 0.25) is 0 Å². The van der Waals surface area contributed by atoms with Gasteiger partial charge in [-0.05, 0) is 0 Å². The van der Waals surface area contributed by atoms with E-state index in [1.165, 1.54) is 0 Å². The molecule has 3 aromatic carbocycles. The molecule has 0 amide bonds. The molecule has 3 aromatic rings. The molecule has 0 atom stereocenters. The number of rotatable bonds is 9. The molecular weight excluding hydrogens is 818 g/mol. The minimum absolute atomic E-state index is 0. The number of nitrogens with zero attached hydrogens (tertiary/aromatic N) is 9. The van der Waals surface area contributed by atoms with E-state index in [9.17, 15) is 91.0 Å². The molecule has 0 saturated heterocycles. The fourth-order valence-corrected chi connectivity index (χ4v) is 2.92. The topological polar surface area (TPSA) is 449 Å². The van der Waals surface area contributed by atoms with Crippen molar-refractivity contribution < 1.29 is 101 Å². The van der Waals surface area contributed by atoms with E-state index in [1.54, 1.807) is 0 Å². The van der Waals surface area contributed by atoms with E-state index in [1.807, 2.05) is 0 Å². The summed E-state index contributed by atoms with van der Waals surface area (Å²) in [6.45, 7) is 0. The van der Waals surface area contributed by atoms with E-state index in [2.05, 4.69) is 0 Å². The molecule has 0 radical (unpaired) electrons. The van der Waals surface area contributed by atoms with E-state index < -0.39 is 113 Å². The molecule has 0 fully saturated rings. The van der Waals surface area contributed by atoms with Gasteiger partial charge in [-0.15, -0.1) is 0 Å². The molecule has 0 saturated carbocycles. The van der Waals surface area contributed by atoms with Crippen LogP contribution in [0.1, 0.15) is 0 Å². The summed E-state index contributed by atoms with van der Waals surface area (Å²) in [7, 11) is 0. The summed E-state index contributed by atoms with van der Waals surface area (Å²) in [6.07, 6.45) is 0. The van der Waals surface area contributed by atoms with Crippen LogP contribution in [-0.2, 0) is 0 Å². The maximum Gasteiger partial charge on any atom is 0.324 e. The smallest absolute Gasteiger partial charge is 0.324 e. The van der Waals surface area contributed by atoms with Crippen molar-refractivity contribution >= 4 is 51.2 Å². The second-order valence-corrected chi connectivity index (χ2v) is 7.81. The molecule has 31 heteroatoms. The molecule has 256 valence electrons. The molecule has 0 bridgehead atoms. The van der Waals surface area contributed by atoms with Gasteiger partial charge in [0.1, 0.15) is 0 Å². The molecule has 0 aliphatic carbocycles.